The molecule has 0 spiro atoms. The maximum absolute atomic E-state index is 13.4. The number of piperidine rings is 1. The van der Waals surface area contributed by atoms with Crippen molar-refractivity contribution in [1.29, 1.82) is 0 Å². The lowest BCUT2D eigenvalue weighted by molar-refractivity contribution is 0.421. The normalized spacial score (nSPS) is 19.9. The van der Waals surface area contributed by atoms with Crippen molar-refractivity contribution in [3.05, 3.63) is 29.8 Å². The molecule has 3 nitrogen and oxygen atoms in total. The van der Waals surface area contributed by atoms with E-state index in [1.54, 1.807) is 6.07 Å². The van der Waals surface area contributed by atoms with Gasteiger partial charge in [-0.15, -0.1) is 0 Å². The van der Waals surface area contributed by atoms with E-state index in [1.165, 1.54) is 12.5 Å². The number of rotatable bonds is 3. The highest BCUT2D eigenvalue weighted by Crippen LogP contribution is 2.28. The Bertz CT molecular complexity index is 597. The van der Waals surface area contributed by atoms with E-state index in [0.29, 0.717) is 11.8 Å². The van der Waals surface area contributed by atoms with Crippen LogP contribution in [-0.2, 0) is 6.54 Å². The van der Waals surface area contributed by atoms with E-state index in [9.17, 15) is 4.39 Å². The second-order valence-corrected chi connectivity index (χ2v) is 6.15. The van der Waals surface area contributed by atoms with Crippen LogP contribution in [0.4, 0.5) is 4.39 Å². The minimum atomic E-state index is -0.208. The van der Waals surface area contributed by atoms with Crippen LogP contribution in [0.1, 0.15) is 38.4 Å². The molecule has 3 rings (SSSR count). The molecular formula is C16H22FN3. The van der Waals surface area contributed by atoms with E-state index in [0.717, 1.165) is 42.9 Å². The first-order valence-corrected chi connectivity index (χ1v) is 7.51. The summed E-state index contributed by atoms with van der Waals surface area (Å²) in [7, 11) is 0. The molecule has 4 heteroatoms. The molecule has 1 aliphatic rings. The molecule has 1 unspecified atom stereocenters. The number of hydrogen-bond acceptors (Lipinski definition) is 2. The maximum Gasteiger partial charge on any atom is 0.125 e. The lowest BCUT2D eigenvalue weighted by atomic mass is 9.98. The summed E-state index contributed by atoms with van der Waals surface area (Å²) in [6.45, 7) is 7.42. The van der Waals surface area contributed by atoms with Crippen LogP contribution < -0.4 is 5.32 Å². The number of imidazole rings is 1. The number of nitrogens with zero attached hydrogens (tertiary/aromatic N) is 2. The average molecular weight is 275 g/mol. The largest absolute Gasteiger partial charge is 0.327 e. The molecule has 2 heterocycles. The van der Waals surface area contributed by atoms with E-state index in [1.807, 2.05) is 6.07 Å². The van der Waals surface area contributed by atoms with Gasteiger partial charge in [-0.1, -0.05) is 13.8 Å². The highest BCUT2D eigenvalue weighted by Gasteiger charge is 2.22. The third-order valence-electron chi connectivity index (χ3n) is 3.95. The highest BCUT2D eigenvalue weighted by atomic mass is 19.1. The van der Waals surface area contributed by atoms with E-state index < -0.39 is 0 Å². The van der Waals surface area contributed by atoms with Crippen LogP contribution in [0.25, 0.3) is 11.0 Å². The third kappa shape index (κ3) is 2.57. The van der Waals surface area contributed by atoms with Gasteiger partial charge in [-0.05, 0) is 37.4 Å². The second-order valence-electron chi connectivity index (χ2n) is 6.15. The van der Waals surface area contributed by atoms with E-state index >= 15 is 0 Å². The molecule has 0 radical (unpaired) electrons. The van der Waals surface area contributed by atoms with Crippen LogP contribution in [0.3, 0.4) is 0 Å². The van der Waals surface area contributed by atoms with Crippen molar-refractivity contribution in [2.24, 2.45) is 5.92 Å². The number of fused-ring (bicyclic) bond motifs is 1. The van der Waals surface area contributed by atoms with Crippen LogP contribution in [-0.4, -0.2) is 22.6 Å². The fourth-order valence-corrected chi connectivity index (χ4v) is 3.06. The van der Waals surface area contributed by atoms with Gasteiger partial charge in [-0.2, -0.15) is 0 Å². The highest BCUT2D eigenvalue weighted by molar-refractivity contribution is 5.76. The van der Waals surface area contributed by atoms with Crippen LogP contribution >= 0.6 is 0 Å². The molecular weight excluding hydrogens is 253 g/mol. The molecule has 1 atom stereocenters. The Balaban J connectivity index is 2.08. The van der Waals surface area contributed by atoms with Crippen molar-refractivity contribution in [1.82, 2.24) is 14.9 Å². The molecule has 20 heavy (non-hydrogen) atoms. The number of benzene rings is 1. The van der Waals surface area contributed by atoms with Crippen molar-refractivity contribution >= 4 is 11.0 Å². The van der Waals surface area contributed by atoms with Crippen molar-refractivity contribution in [3.8, 4) is 0 Å². The van der Waals surface area contributed by atoms with Crippen molar-refractivity contribution in [2.75, 3.05) is 13.1 Å². The lowest BCUT2D eigenvalue weighted by Crippen LogP contribution is -2.30. The summed E-state index contributed by atoms with van der Waals surface area (Å²) in [6.07, 6.45) is 2.35. The van der Waals surface area contributed by atoms with Gasteiger partial charge in [0.25, 0.3) is 0 Å². The number of hydrogen-bond donors (Lipinski definition) is 1. The molecule has 1 fully saturated rings. The second kappa shape index (κ2) is 5.52. The van der Waals surface area contributed by atoms with Gasteiger partial charge in [0.05, 0.1) is 11.0 Å². The van der Waals surface area contributed by atoms with Gasteiger partial charge in [0.1, 0.15) is 11.6 Å². The van der Waals surface area contributed by atoms with Crippen LogP contribution in [0.5, 0.6) is 0 Å². The number of nitrogens with one attached hydrogen (secondary N) is 1. The Labute approximate surface area is 119 Å². The van der Waals surface area contributed by atoms with E-state index in [-0.39, 0.29) is 5.82 Å². The Morgan fingerprint density at radius 3 is 3.00 bits per heavy atom. The molecule has 1 aromatic heterocycles. The topological polar surface area (TPSA) is 29.9 Å². The fourth-order valence-electron chi connectivity index (χ4n) is 3.06. The van der Waals surface area contributed by atoms with E-state index in [2.05, 4.69) is 23.7 Å². The van der Waals surface area contributed by atoms with Gasteiger partial charge < -0.3 is 9.88 Å². The zero-order valence-corrected chi connectivity index (χ0v) is 12.2. The quantitative estimate of drug-likeness (QED) is 0.931. The number of aromatic nitrogens is 2. The average Bonchev–Trinajstić information content (AvgIpc) is 2.77. The van der Waals surface area contributed by atoms with E-state index in [4.69, 9.17) is 4.98 Å². The fraction of sp³-hybridized carbons (Fsp3) is 0.562. The molecule has 2 aromatic rings. The maximum atomic E-state index is 13.4. The molecule has 0 saturated carbocycles. The monoisotopic (exact) mass is 275 g/mol. The predicted molar refractivity (Wildman–Crippen MR) is 79.4 cm³/mol. The zero-order chi connectivity index (χ0) is 14.1. The molecule has 1 aromatic carbocycles. The standard InChI is InChI=1S/C16H22FN3/c1-11(2)10-20-15-6-5-13(17)8-14(15)19-16(20)12-4-3-7-18-9-12/h5-6,8,11-12,18H,3-4,7,9-10H2,1-2H3. The van der Waals surface area contributed by atoms with Crippen LogP contribution in [0, 0.1) is 11.7 Å². The first kappa shape index (κ1) is 13.6. The Hall–Kier alpha value is -1.42. The molecule has 1 saturated heterocycles. The minimum Gasteiger partial charge on any atom is -0.327 e. The molecule has 0 aliphatic carbocycles. The SMILES string of the molecule is CC(C)Cn1c(C2CCCNC2)nc2cc(F)ccc21. The summed E-state index contributed by atoms with van der Waals surface area (Å²) in [5.74, 6) is 1.90. The van der Waals surface area contributed by atoms with Crippen LogP contribution in [0.15, 0.2) is 18.2 Å². The molecule has 1 N–H and O–H groups in total. The Morgan fingerprint density at radius 2 is 2.30 bits per heavy atom. The first-order valence-electron chi connectivity index (χ1n) is 7.51. The van der Waals surface area contributed by atoms with Gasteiger partial charge in [-0.25, -0.2) is 9.37 Å². The molecule has 0 amide bonds. The van der Waals surface area contributed by atoms with Crippen molar-refractivity contribution in [3.63, 3.8) is 0 Å². The summed E-state index contributed by atoms with van der Waals surface area (Å²) in [5, 5.41) is 3.44. The van der Waals surface area contributed by atoms with Gasteiger partial charge in [0, 0.05) is 25.1 Å². The Kier molecular flexibility index (Phi) is 3.74. The van der Waals surface area contributed by atoms with Gasteiger partial charge in [0.15, 0.2) is 0 Å². The van der Waals surface area contributed by atoms with Crippen LogP contribution in [0.2, 0.25) is 0 Å². The zero-order valence-electron chi connectivity index (χ0n) is 12.2. The Morgan fingerprint density at radius 1 is 1.45 bits per heavy atom. The lowest BCUT2D eigenvalue weighted by Gasteiger charge is -2.24. The summed E-state index contributed by atoms with van der Waals surface area (Å²) >= 11 is 0. The molecule has 108 valence electrons. The summed E-state index contributed by atoms with van der Waals surface area (Å²) < 4.78 is 15.7. The predicted octanol–water partition coefficient (Wildman–Crippen LogP) is 3.30. The summed E-state index contributed by atoms with van der Waals surface area (Å²) in [4.78, 5) is 4.73. The minimum absolute atomic E-state index is 0.208. The molecule has 1 aliphatic heterocycles. The smallest absolute Gasteiger partial charge is 0.125 e. The van der Waals surface area contributed by atoms with Gasteiger partial charge >= 0.3 is 0 Å². The molecule has 0 bridgehead atoms. The van der Waals surface area contributed by atoms with Crippen molar-refractivity contribution < 1.29 is 4.39 Å². The summed E-state index contributed by atoms with van der Waals surface area (Å²) in [5.41, 5.74) is 1.84. The third-order valence-corrected chi connectivity index (χ3v) is 3.95. The van der Waals surface area contributed by atoms with Gasteiger partial charge in [-0.3, -0.25) is 0 Å². The first-order chi connectivity index (χ1) is 9.65. The van der Waals surface area contributed by atoms with Crippen molar-refractivity contribution in [2.45, 2.75) is 39.2 Å². The summed E-state index contributed by atoms with van der Waals surface area (Å²) in [6, 6.07) is 4.94. The van der Waals surface area contributed by atoms with Gasteiger partial charge in [0.2, 0.25) is 0 Å². The number of halogens is 1.